The SMILES string of the molecule is CCOC(=O)c1ccc(Oc2cc(=O)[nH]c(CC)n2)cc1. The molecule has 2 aromatic rings. The van der Waals surface area contributed by atoms with E-state index in [2.05, 4.69) is 9.97 Å². The summed E-state index contributed by atoms with van der Waals surface area (Å²) in [5.41, 5.74) is 0.178. The van der Waals surface area contributed by atoms with Crippen molar-refractivity contribution in [3.8, 4) is 11.6 Å². The summed E-state index contributed by atoms with van der Waals surface area (Å²) >= 11 is 0. The van der Waals surface area contributed by atoms with E-state index in [1.807, 2.05) is 6.92 Å². The van der Waals surface area contributed by atoms with E-state index in [1.165, 1.54) is 6.07 Å². The van der Waals surface area contributed by atoms with Gasteiger partial charge in [0.1, 0.15) is 11.6 Å². The predicted molar refractivity (Wildman–Crippen MR) is 76.7 cm³/mol. The van der Waals surface area contributed by atoms with Gasteiger partial charge in [-0.25, -0.2) is 4.79 Å². The van der Waals surface area contributed by atoms with Crippen LogP contribution in [0.4, 0.5) is 0 Å². The molecule has 0 bridgehead atoms. The van der Waals surface area contributed by atoms with Crippen LogP contribution in [0.25, 0.3) is 0 Å². The smallest absolute Gasteiger partial charge is 0.338 e. The van der Waals surface area contributed by atoms with E-state index in [9.17, 15) is 9.59 Å². The molecule has 1 aromatic heterocycles. The van der Waals surface area contributed by atoms with Gasteiger partial charge in [-0.15, -0.1) is 0 Å². The molecule has 0 aliphatic heterocycles. The van der Waals surface area contributed by atoms with Gasteiger partial charge in [0.15, 0.2) is 0 Å². The van der Waals surface area contributed by atoms with Crippen LogP contribution in [0, 0.1) is 0 Å². The van der Waals surface area contributed by atoms with Gasteiger partial charge in [-0.1, -0.05) is 6.92 Å². The first-order valence-electron chi connectivity index (χ1n) is 6.67. The Kier molecular flexibility index (Phi) is 4.71. The van der Waals surface area contributed by atoms with Crippen LogP contribution >= 0.6 is 0 Å². The fourth-order valence-corrected chi connectivity index (χ4v) is 1.70. The van der Waals surface area contributed by atoms with Gasteiger partial charge in [-0.05, 0) is 31.2 Å². The third kappa shape index (κ3) is 3.92. The number of carbonyl (C=O) groups is 1. The molecule has 0 unspecified atom stereocenters. The number of rotatable bonds is 5. The van der Waals surface area contributed by atoms with E-state index >= 15 is 0 Å². The van der Waals surface area contributed by atoms with Crippen LogP contribution < -0.4 is 10.3 Å². The number of H-pyrrole nitrogens is 1. The molecule has 6 heteroatoms. The second-order valence-electron chi connectivity index (χ2n) is 4.23. The van der Waals surface area contributed by atoms with Crippen molar-refractivity contribution in [3.63, 3.8) is 0 Å². The Hall–Kier alpha value is -2.63. The second-order valence-corrected chi connectivity index (χ2v) is 4.23. The number of aromatic amines is 1. The Bertz CT molecular complexity index is 677. The number of carbonyl (C=O) groups excluding carboxylic acids is 1. The summed E-state index contributed by atoms with van der Waals surface area (Å²) in [5.74, 6) is 0.884. The minimum Gasteiger partial charge on any atom is -0.462 e. The number of nitrogens with one attached hydrogen (secondary N) is 1. The maximum Gasteiger partial charge on any atom is 0.338 e. The molecule has 0 saturated heterocycles. The van der Waals surface area contributed by atoms with Crippen molar-refractivity contribution in [2.75, 3.05) is 6.61 Å². The summed E-state index contributed by atoms with van der Waals surface area (Å²) in [4.78, 5) is 29.7. The Balaban J connectivity index is 2.15. The van der Waals surface area contributed by atoms with Crippen LogP contribution in [0.15, 0.2) is 35.1 Å². The highest BCUT2D eigenvalue weighted by Gasteiger charge is 2.07. The molecule has 6 nitrogen and oxygen atoms in total. The highest BCUT2D eigenvalue weighted by Crippen LogP contribution is 2.19. The van der Waals surface area contributed by atoms with Crippen molar-refractivity contribution in [2.45, 2.75) is 20.3 Å². The van der Waals surface area contributed by atoms with Crippen molar-refractivity contribution in [3.05, 3.63) is 52.1 Å². The first-order chi connectivity index (χ1) is 10.1. The normalized spacial score (nSPS) is 10.2. The number of esters is 1. The van der Waals surface area contributed by atoms with Gasteiger partial charge < -0.3 is 14.5 Å². The molecule has 0 fully saturated rings. The van der Waals surface area contributed by atoms with E-state index in [-0.39, 0.29) is 17.4 Å². The molecule has 1 aromatic carbocycles. The fourth-order valence-electron chi connectivity index (χ4n) is 1.70. The molecule has 2 rings (SSSR count). The topological polar surface area (TPSA) is 81.3 Å². The van der Waals surface area contributed by atoms with Crippen molar-refractivity contribution in [1.29, 1.82) is 0 Å². The van der Waals surface area contributed by atoms with E-state index in [4.69, 9.17) is 9.47 Å². The quantitative estimate of drug-likeness (QED) is 0.854. The summed E-state index contributed by atoms with van der Waals surface area (Å²) in [5, 5.41) is 0. The third-order valence-electron chi connectivity index (χ3n) is 2.69. The molecule has 0 radical (unpaired) electrons. The van der Waals surface area contributed by atoms with Gasteiger partial charge in [-0.2, -0.15) is 4.98 Å². The summed E-state index contributed by atoms with van der Waals surface area (Å²) in [6, 6.07) is 7.72. The lowest BCUT2D eigenvalue weighted by atomic mass is 10.2. The Morgan fingerprint density at radius 2 is 1.95 bits per heavy atom. The average Bonchev–Trinajstić information content (AvgIpc) is 2.47. The first kappa shape index (κ1) is 14.8. The summed E-state index contributed by atoms with van der Waals surface area (Å²) in [7, 11) is 0. The highest BCUT2D eigenvalue weighted by atomic mass is 16.5. The lowest BCUT2D eigenvalue weighted by molar-refractivity contribution is 0.0526. The minimum atomic E-state index is -0.383. The summed E-state index contributed by atoms with van der Waals surface area (Å²) in [6.45, 7) is 3.96. The molecule has 0 amide bonds. The largest absolute Gasteiger partial charge is 0.462 e. The number of benzene rings is 1. The zero-order valence-corrected chi connectivity index (χ0v) is 11.9. The van der Waals surface area contributed by atoms with E-state index in [0.717, 1.165) is 0 Å². The van der Waals surface area contributed by atoms with Gasteiger partial charge in [0.25, 0.3) is 5.56 Å². The van der Waals surface area contributed by atoms with Crippen LogP contribution in [0.5, 0.6) is 11.6 Å². The minimum absolute atomic E-state index is 0.222. The molecule has 0 aliphatic rings. The van der Waals surface area contributed by atoms with Crippen LogP contribution in [0.2, 0.25) is 0 Å². The van der Waals surface area contributed by atoms with E-state index in [0.29, 0.717) is 30.2 Å². The zero-order valence-electron chi connectivity index (χ0n) is 11.9. The molecule has 0 aliphatic carbocycles. The fraction of sp³-hybridized carbons (Fsp3) is 0.267. The molecule has 0 atom stereocenters. The van der Waals surface area contributed by atoms with E-state index < -0.39 is 0 Å². The third-order valence-corrected chi connectivity index (χ3v) is 2.69. The maximum absolute atomic E-state index is 11.5. The highest BCUT2D eigenvalue weighted by molar-refractivity contribution is 5.89. The van der Waals surface area contributed by atoms with Crippen LogP contribution in [0.3, 0.4) is 0 Å². The molecule has 21 heavy (non-hydrogen) atoms. The van der Waals surface area contributed by atoms with Gasteiger partial charge in [0, 0.05) is 6.42 Å². The number of hydrogen-bond donors (Lipinski definition) is 1. The Labute approximate surface area is 121 Å². The van der Waals surface area contributed by atoms with Crippen molar-refractivity contribution < 1.29 is 14.3 Å². The lowest BCUT2D eigenvalue weighted by Crippen LogP contribution is -2.10. The maximum atomic E-state index is 11.5. The number of hydrogen-bond acceptors (Lipinski definition) is 5. The first-order valence-corrected chi connectivity index (χ1v) is 6.67. The molecular formula is C15H16N2O4. The summed E-state index contributed by atoms with van der Waals surface area (Å²) in [6.07, 6.45) is 0.605. The number of ether oxygens (including phenoxy) is 2. The average molecular weight is 288 g/mol. The van der Waals surface area contributed by atoms with Gasteiger partial charge in [0.2, 0.25) is 5.88 Å². The number of aryl methyl sites for hydroxylation is 1. The van der Waals surface area contributed by atoms with Crippen molar-refractivity contribution >= 4 is 5.97 Å². The zero-order chi connectivity index (χ0) is 15.2. The molecular weight excluding hydrogens is 272 g/mol. The molecule has 0 saturated carbocycles. The van der Waals surface area contributed by atoms with Gasteiger partial charge in [-0.3, -0.25) is 4.79 Å². The summed E-state index contributed by atoms with van der Waals surface area (Å²) < 4.78 is 10.4. The van der Waals surface area contributed by atoms with Crippen molar-refractivity contribution in [2.24, 2.45) is 0 Å². The molecule has 1 heterocycles. The van der Waals surface area contributed by atoms with E-state index in [1.54, 1.807) is 31.2 Å². The standard InChI is InChI=1S/C15H16N2O4/c1-3-12-16-13(18)9-14(17-12)21-11-7-5-10(6-8-11)15(19)20-4-2/h5-9H,3-4H2,1-2H3,(H,16,17,18). The second kappa shape index (κ2) is 6.69. The molecule has 1 N–H and O–H groups in total. The number of aromatic nitrogens is 2. The van der Waals surface area contributed by atoms with Crippen LogP contribution in [0.1, 0.15) is 30.0 Å². The van der Waals surface area contributed by atoms with Gasteiger partial charge in [0.05, 0.1) is 18.2 Å². The number of nitrogens with zero attached hydrogens (tertiary/aromatic N) is 1. The lowest BCUT2D eigenvalue weighted by Gasteiger charge is -2.06. The van der Waals surface area contributed by atoms with Crippen molar-refractivity contribution in [1.82, 2.24) is 9.97 Å². The molecule has 110 valence electrons. The monoisotopic (exact) mass is 288 g/mol. The Morgan fingerprint density at radius 3 is 2.57 bits per heavy atom. The van der Waals surface area contributed by atoms with Gasteiger partial charge >= 0.3 is 5.97 Å². The Morgan fingerprint density at radius 1 is 1.24 bits per heavy atom. The van der Waals surface area contributed by atoms with Crippen LogP contribution in [-0.2, 0) is 11.2 Å². The van der Waals surface area contributed by atoms with Crippen LogP contribution in [-0.4, -0.2) is 22.5 Å². The molecule has 0 spiro atoms. The predicted octanol–water partition coefficient (Wildman–Crippen LogP) is 2.30.